The van der Waals surface area contributed by atoms with Gasteiger partial charge in [-0.2, -0.15) is 0 Å². The normalized spacial score (nSPS) is 16.2. The zero-order valence-corrected chi connectivity index (χ0v) is 20.0. The molecule has 1 atom stereocenters. The molecule has 2 heterocycles. The van der Waals surface area contributed by atoms with Crippen LogP contribution in [0.15, 0.2) is 23.3 Å². The van der Waals surface area contributed by atoms with Crippen molar-refractivity contribution < 1.29 is 13.2 Å². The first-order chi connectivity index (χ1) is 12.9. The van der Waals surface area contributed by atoms with E-state index in [4.69, 9.17) is 4.74 Å². The van der Waals surface area contributed by atoms with Crippen LogP contribution in [0.1, 0.15) is 25.8 Å². The molecule has 1 unspecified atom stereocenters. The Morgan fingerprint density at radius 1 is 1.39 bits per heavy atom. The second-order valence-electron chi connectivity index (χ2n) is 6.74. The van der Waals surface area contributed by atoms with Crippen molar-refractivity contribution in [3.63, 3.8) is 0 Å². The quantitative estimate of drug-likeness (QED) is 0.301. The van der Waals surface area contributed by atoms with Gasteiger partial charge in [0.15, 0.2) is 5.96 Å². The molecule has 1 aliphatic rings. The van der Waals surface area contributed by atoms with E-state index in [0.29, 0.717) is 32.1 Å². The number of sulfone groups is 1. The van der Waals surface area contributed by atoms with E-state index in [9.17, 15) is 8.42 Å². The van der Waals surface area contributed by atoms with Gasteiger partial charge in [-0.05, 0) is 26.3 Å². The van der Waals surface area contributed by atoms with Crippen molar-refractivity contribution in [3.8, 4) is 0 Å². The van der Waals surface area contributed by atoms with Crippen molar-refractivity contribution in [1.29, 1.82) is 0 Å². The highest BCUT2D eigenvalue weighted by molar-refractivity contribution is 14.0. The lowest BCUT2D eigenvalue weighted by atomic mass is 10.2. The summed E-state index contributed by atoms with van der Waals surface area (Å²) in [7, 11) is -2.96. The van der Waals surface area contributed by atoms with Crippen LogP contribution in [-0.2, 0) is 21.1 Å². The molecule has 2 rings (SSSR count). The van der Waals surface area contributed by atoms with E-state index >= 15 is 0 Å². The second-order valence-corrected chi connectivity index (χ2v) is 9.00. The number of hydrogen-bond acceptors (Lipinski definition) is 6. The van der Waals surface area contributed by atoms with Crippen molar-refractivity contribution in [2.75, 3.05) is 49.8 Å². The SMILES string of the molecule is CCNC(=NCc1cccnc1N1CCOCC1)NC(C)CCS(C)(=O)=O.I. The van der Waals surface area contributed by atoms with Crippen molar-refractivity contribution in [2.24, 2.45) is 4.99 Å². The lowest BCUT2D eigenvalue weighted by molar-refractivity contribution is 0.122. The molecule has 0 saturated carbocycles. The smallest absolute Gasteiger partial charge is 0.191 e. The fourth-order valence-electron chi connectivity index (χ4n) is 2.79. The van der Waals surface area contributed by atoms with Crippen LogP contribution in [0, 0.1) is 0 Å². The summed E-state index contributed by atoms with van der Waals surface area (Å²) in [5, 5.41) is 6.50. The maximum absolute atomic E-state index is 11.4. The number of rotatable bonds is 8. The van der Waals surface area contributed by atoms with Gasteiger partial charge in [0.1, 0.15) is 15.7 Å². The van der Waals surface area contributed by atoms with Crippen LogP contribution in [0.2, 0.25) is 0 Å². The number of halogens is 1. The van der Waals surface area contributed by atoms with E-state index in [1.807, 2.05) is 26.0 Å². The molecule has 1 saturated heterocycles. The molecule has 1 aromatic heterocycles. The maximum Gasteiger partial charge on any atom is 0.191 e. The van der Waals surface area contributed by atoms with Crippen LogP contribution in [0.4, 0.5) is 5.82 Å². The van der Waals surface area contributed by atoms with Gasteiger partial charge in [-0.15, -0.1) is 24.0 Å². The molecule has 8 nitrogen and oxygen atoms in total. The summed E-state index contributed by atoms with van der Waals surface area (Å²) in [5.74, 6) is 1.78. The first-order valence-electron chi connectivity index (χ1n) is 9.38. The molecule has 1 aromatic rings. The predicted molar refractivity (Wildman–Crippen MR) is 124 cm³/mol. The molecular formula is C18H32IN5O3S. The van der Waals surface area contributed by atoms with Gasteiger partial charge >= 0.3 is 0 Å². The van der Waals surface area contributed by atoms with E-state index in [2.05, 4.69) is 25.5 Å². The van der Waals surface area contributed by atoms with Crippen LogP contribution in [0.5, 0.6) is 0 Å². The lowest BCUT2D eigenvalue weighted by Crippen LogP contribution is -2.42. The van der Waals surface area contributed by atoms with Gasteiger partial charge in [0.2, 0.25) is 0 Å². The predicted octanol–water partition coefficient (Wildman–Crippen LogP) is 1.41. The molecule has 160 valence electrons. The monoisotopic (exact) mass is 525 g/mol. The van der Waals surface area contributed by atoms with Crippen molar-refractivity contribution >= 4 is 45.6 Å². The van der Waals surface area contributed by atoms with Gasteiger partial charge in [-0.1, -0.05) is 6.07 Å². The summed E-state index contributed by atoms with van der Waals surface area (Å²) >= 11 is 0. The van der Waals surface area contributed by atoms with Gasteiger partial charge in [0, 0.05) is 43.7 Å². The average Bonchev–Trinajstić information content (AvgIpc) is 2.65. The third-order valence-electron chi connectivity index (χ3n) is 4.23. The molecule has 1 aliphatic heterocycles. The topological polar surface area (TPSA) is 95.9 Å². The first-order valence-corrected chi connectivity index (χ1v) is 11.4. The van der Waals surface area contributed by atoms with Crippen LogP contribution in [0.3, 0.4) is 0 Å². The Labute approximate surface area is 185 Å². The highest BCUT2D eigenvalue weighted by atomic mass is 127. The number of nitrogens with one attached hydrogen (secondary N) is 2. The number of ether oxygens (including phenoxy) is 1. The number of aromatic nitrogens is 1. The molecule has 1 fully saturated rings. The highest BCUT2D eigenvalue weighted by Crippen LogP contribution is 2.19. The Kier molecular flexibility index (Phi) is 11.1. The minimum atomic E-state index is -2.96. The number of pyridine rings is 1. The molecule has 0 aliphatic carbocycles. The van der Waals surface area contributed by atoms with E-state index < -0.39 is 9.84 Å². The lowest BCUT2D eigenvalue weighted by Gasteiger charge is -2.29. The third kappa shape index (κ3) is 8.91. The van der Waals surface area contributed by atoms with Crippen molar-refractivity contribution in [1.82, 2.24) is 15.6 Å². The maximum atomic E-state index is 11.4. The van der Waals surface area contributed by atoms with Crippen LogP contribution in [-0.4, -0.2) is 70.3 Å². The Bertz CT molecular complexity index is 724. The zero-order valence-electron chi connectivity index (χ0n) is 16.8. The van der Waals surface area contributed by atoms with Crippen LogP contribution >= 0.6 is 24.0 Å². The molecule has 0 amide bonds. The van der Waals surface area contributed by atoms with E-state index in [1.54, 1.807) is 6.20 Å². The Morgan fingerprint density at radius 2 is 2.11 bits per heavy atom. The van der Waals surface area contributed by atoms with Gasteiger partial charge in [-0.3, -0.25) is 0 Å². The van der Waals surface area contributed by atoms with E-state index in [1.165, 1.54) is 6.26 Å². The minimum absolute atomic E-state index is 0. The van der Waals surface area contributed by atoms with Gasteiger partial charge in [-0.25, -0.2) is 18.4 Å². The number of aliphatic imine (C=N–C) groups is 1. The van der Waals surface area contributed by atoms with E-state index in [-0.39, 0.29) is 35.8 Å². The van der Waals surface area contributed by atoms with Crippen LogP contribution in [0.25, 0.3) is 0 Å². The number of anilines is 1. The molecule has 0 aromatic carbocycles. The molecule has 0 spiro atoms. The summed E-state index contributed by atoms with van der Waals surface area (Å²) in [6.45, 7) is 8.26. The van der Waals surface area contributed by atoms with Gasteiger partial charge in [0.25, 0.3) is 0 Å². The fraction of sp³-hybridized carbons (Fsp3) is 0.667. The number of guanidine groups is 1. The van der Waals surface area contributed by atoms with Crippen LogP contribution < -0.4 is 15.5 Å². The first kappa shape index (κ1) is 24.9. The summed E-state index contributed by atoms with van der Waals surface area (Å²) in [6, 6.07) is 3.96. The molecule has 0 radical (unpaired) electrons. The molecule has 28 heavy (non-hydrogen) atoms. The number of nitrogens with zero attached hydrogens (tertiary/aromatic N) is 3. The molecular weight excluding hydrogens is 493 g/mol. The standard InChI is InChI=1S/C18H31N5O3S.HI/c1-4-19-18(22-15(2)7-13-27(3,24)25)21-14-16-6-5-8-20-17(16)23-9-11-26-12-10-23;/h5-6,8,15H,4,7,9-14H2,1-3H3,(H2,19,21,22);1H. The Hall–Kier alpha value is -1.14. The average molecular weight is 525 g/mol. The minimum Gasteiger partial charge on any atom is -0.378 e. The number of hydrogen-bond donors (Lipinski definition) is 2. The molecule has 10 heteroatoms. The highest BCUT2D eigenvalue weighted by Gasteiger charge is 2.16. The van der Waals surface area contributed by atoms with Gasteiger partial charge in [0.05, 0.1) is 25.5 Å². The number of morpholine rings is 1. The zero-order chi connectivity index (χ0) is 19.7. The summed E-state index contributed by atoms with van der Waals surface area (Å²) in [5.41, 5.74) is 1.06. The molecule has 0 bridgehead atoms. The summed E-state index contributed by atoms with van der Waals surface area (Å²) in [4.78, 5) is 11.4. The largest absolute Gasteiger partial charge is 0.378 e. The van der Waals surface area contributed by atoms with Gasteiger partial charge < -0.3 is 20.3 Å². The molecule has 2 N–H and O–H groups in total. The van der Waals surface area contributed by atoms with Crippen molar-refractivity contribution in [3.05, 3.63) is 23.9 Å². The third-order valence-corrected chi connectivity index (χ3v) is 5.21. The Balaban J connectivity index is 0.00000392. The fourth-order valence-corrected chi connectivity index (χ4v) is 3.58. The summed E-state index contributed by atoms with van der Waals surface area (Å²) in [6.07, 6.45) is 3.60. The summed E-state index contributed by atoms with van der Waals surface area (Å²) < 4.78 is 28.1. The van der Waals surface area contributed by atoms with Crippen molar-refractivity contribution in [2.45, 2.75) is 32.9 Å². The second kappa shape index (κ2) is 12.4. The van der Waals surface area contributed by atoms with E-state index in [0.717, 1.165) is 31.0 Å². The Morgan fingerprint density at radius 3 is 2.75 bits per heavy atom.